The van der Waals surface area contributed by atoms with Crippen molar-refractivity contribution in [1.29, 1.82) is 0 Å². The van der Waals surface area contributed by atoms with Gasteiger partial charge >= 0.3 is 11.4 Å². The fourth-order valence-electron chi connectivity index (χ4n) is 1.99. The first-order valence-corrected chi connectivity index (χ1v) is 6.13. The molecule has 20 heavy (non-hydrogen) atoms. The minimum absolute atomic E-state index is 0.104. The molecule has 0 bridgehead atoms. The van der Waals surface area contributed by atoms with Gasteiger partial charge in [-0.2, -0.15) is 0 Å². The summed E-state index contributed by atoms with van der Waals surface area (Å²) in [5.41, 5.74) is 0.437. The lowest BCUT2D eigenvalue weighted by Gasteiger charge is -2.05. The minimum Gasteiger partial charge on any atom is -0.490 e. The topological polar surface area (TPSA) is 79.3 Å². The smallest absolute Gasteiger partial charge is 0.328 e. The lowest BCUT2D eigenvalue weighted by molar-refractivity contribution is -0.385. The van der Waals surface area contributed by atoms with Crippen LogP contribution in [-0.4, -0.2) is 21.2 Å². The summed E-state index contributed by atoms with van der Waals surface area (Å²) in [6.45, 7) is 2.76. The van der Waals surface area contributed by atoms with Gasteiger partial charge in [0.15, 0.2) is 5.75 Å². The summed E-state index contributed by atoms with van der Waals surface area (Å²) in [6, 6.07) is 4.67. The summed E-state index contributed by atoms with van der Waals surface area (Å²) in [5.74, 6) is 0.206. The van der Waals surface area contributed by atoms with Crippen molar-refractivity contribution in [3.8, 4) is 5.75 Å². The molecule has 0 atom stereocenters. The summed E-state index contributed by atoms with van der Waals surface area (Å²) >= 11 is 0. The normalized spacial score (nSPS) is 10.5. The van der Waals surface area contributed by atoms with Gasteiger partial charge < -0.3 is 4.74 Å². The number of imidazole rings is 1. The number of rotatable bonds is 5. The molecule has 2 rings (SSSR count). The predicted molar refractivity (Wildman–Crippen MR) is 73.1 cm³/mol. The maximum Gasteiger partial charge on any atom is 0.328 e. The minimum atomic E-state index is -0.498. The molecule has 2 aromatic rings. The summed E-state index contributed by atoms with van der Waals surface area (Å²) in [6.07, 6.45) is 3.36. The first kappa shape index (κ1) is 13.9. The molecule has 0 N–H and O–H groups in total. The average Bonchev–Trinajstić information content (AvgIpc) is 2.79. The number of hydrogen-bond donors (Lipinski definition) is 0. The molecule has 0 amide bonds. The van der Waals surface area contributed by atoms with Gasteiger partial charge in [0.25, 0.3) is 0 Å². The number of nitro benzene ring substituents is 1. The van der Waals surface area contributed by atoms with Gasteiger partial charge in [-0.25, -0.2) is 4.79 Å². The van der Waals surface area contributed by atoms with Crippen LogP contribution in [0.3, 0.4) is 0 Å². The molecule has 0 unspecified atom stereocenters. The van der Waals surface area contributed by atoms with Crippen molar-refractivity contribution in [3.63, 3.8) is 0 Å². The van der Waals surface area contributed by atoms with Gasteiger partial charge in [0.1, 0.15) is 0 Å². The van der Waals surface area contributed by atoms with E-state index in [-0.39, 0.29) is 23.7 Å². The molecule has 1 aromatic heterocycles. The van der Waals surface area contributed by atoms with Crippen molar-refractivity contribution in [2.45, 2.75) is 20.0 Å². The second-order valence-corrected chi connectivity index (χ2v) is 4.26. The second kappa shape index (κ2) is 5.60. The van der Waals surface area contributed by atoms with Gasteiger partial charge in [-0.1, -0.05) is 6.07 Å². The van der Waals surface area contributed by atoms with E-state index < -0.39 is 4.92 Å². The summed E-state index contributed by atoms with van der Waals surface area (Å²) < 4.78 is 8.02. The third kappa shape index (κ3) is 2.56. The van der Waals surface area contributed by atoms with Gasteiger partial charge in [-0.3, -0.25) is 19.2 Å². The van der Waals surface area contributed by atoms with E-state index in [2.05, 4.69) is 0 Å². The zero-order valence-corrected chi connectivity index (χ0v) is 11.3. The lowest BCUT2D eigenvalue weighted by Crippen LogP contribution is -2.23. The van der Waals surface area contributed by atoms with Gasteiger partial charge in [-0.15, -0.1) is 0 Å². The molecule has 106 valence electrons. The van der Waals surface area contributed by atoms with Gasteiger partial charge in [-0.05, 0) is 18.6 Å². The fraction of sp³-hybridized carbons (Fsp3) is 0.308. The number of nitro groups is 1. The zero-order valence-electron chi connectivity index (χ0n) is 11.3. The Balaban J connectivity index is 2.34. The highest BCUT2D eigenvalue weighted by Crippen LogP contribution is 2.27. The van der Waals surface area contributed by atoms with Crippen molar-refractivity contribution < 1.29 is 9.66 Å². The van der Waals surface area contributed by atoms with Crippen LogP contribution in [0.5, 0.6) is 5.75 Å². The van der Waals surface area contributed by atoms with E-state index in [1.807, 2.05) is 6.92 Å². The number of aromatic nitrogens is 2. The molecule has 7 heteroatoms. The van der Waals surface area contributed by atoms with Crippen molar-refractivity contribution in [3.05, 3.63) is 56.8 Å². The van der Waals surface area contributed by atoms with Crippen LogP contribution in [0.2, 0.25) is 0 Å². The Morgan fingerprint density at radius 1 is 1.30 bits per heavy atom. The van der Waals surface area contributed by atoms with Crippen molar-refractivity contribution in [1.82, 2.24) is 9.13 Å². The highest BCUT2D eigenvalue weighted by atomic mass is 16.6. The summed E-state index contributed by atoms with van der Waals surface area (Å²) in [7, 11) is 1.38. The van der Waals surface area contributed by atoms with Crippen LogP contribution in [0.25, 0.3) is 0 Å². The standard InChI is InChI=1S/C13H15N3O4/c1-3-14-6-7-15(13(14)17)9-10-4-5-12(20-2)11(8-10)16(18)19/h4-8H,3,9H2,1-2H3. The molecular formula is C13H15N3O4. The maximum atomic E-state index is 11.9. The van der Waals surface area contributed by atoms with E-state index in [0.29, 0.717) is 12.1 Å². The molecule has 0 saturated heterocycles. The summed E-state index contributed by atoms with van der Waals surface area (Å²) in [4.78, 5) is 22.4. The van der Waals surface area contributed by atoms with Crippen molar-refractivity contribution in [2.24, 2.45) is 0 Å². The van der Waals surface area contributed by atoms with Crippen LogP contribution in [0.15, 0.2) is 35.4 Å². The van der Waals surface area contributed by atoms with Crippen LogP contribution in [0, 0.1) is 10.1 Å². The van der Waals surface area contributed by atoms with Crippen LogP contribution in [0.1, 0.15) is 12.5 Å². The molecule has 0 fully saturated rings. The van der Waals surface area contributed by atoms with Gasteiger partial charge in [0, 0.05) is 25.0 Å². The van der Waals surface area contributed by atoms with Crippen molar-refractivity contribution >= 4 is 5.69 Å². The van der Waals surface area contributed by atoms with Crippen LogP contribution < -0.4 is 10.4 Å². The molecule has 0 saturated carbocycles. The van der Waals surface area contributed by atoms with E-state index >= 15 is 0 Å². The van der Waals surface area contributed by atoms with Crippen molar-refractivity contribution in [2.75, 3.05) is 7.11 Å². The highest BCUT2D eigenvalue weighted by Gasteiger charge is 2.15. The molecule has 0 aliphatic heterocycles. The van der Waals surface area contributed by atoms with Gasteiger partial charge in [0.05, 0.1) is 18.6 Å². The van der Waals surface area contributed by atoms with Crippen LogP contribution in [-0.2, 0) is 13.1 Å². The third-order valence-corrected chi connectivity index (χ3v) is 3.05. The van der Waals surface area contributed by atoms with E-state index in [0.717, 1.165) is 0 Å². The molecule has 1 heterocycles. The number of nitrogens with zero attached hydrogens (tertiary/aromatic N) is 3. The summed E-state index contributed by atoms with van der Waals surface area (Å²) in [5, 5.41) is 11.0. The Morgan fingerprint density at radius 2 is 2.00 bits per heavy atom. The SMILES string of the molecule is CCn1ccn(Cc2ccc(OC)c([N+](=O)[O-])c2)c1=O. The quantitative estimate of drug-likeness (QED) is 0.614. The number of hydrogen-bond acceptors (Lipinski definition) is 4. The van der Waals surface area contributed by atoms with Gasteiger partial charge in [0.2, 0.25) is 0 Å². The Bertz CT molecular complexity index is 687. The third-order valence-electron chi connectivity index (χ3n) is 3.05. The Kier molecular flexibility index (Phi) is 3.88. The number of benzene rings is 1. The molecule has 0 radical (unpaired) electrons. The molecule has 0 aliphatic carbocycles. The number of aryl methyl sites for hydroxylation is 1. The first-order chi connectivity index (χ1) is 9.56. The fourth-order valence-corrected chi connectivity index (χ4v) is 1.99. The van der Waals surface area contributed by atoms with E-state index in [9.17, 15) is 14.9 Å². The first-order valence-electron chi connectivity index (χ1n) is 6.13. The zero-order chi connectivity index (χ0) is 14.7. The Morgan fingerprint density at radius 3 is 2.55 bits per heavy atom. The largest absolute Gasteiger partial charge is 0.490 e. The number of methoxy groups -OCH3 is 1. The molecule has 7 nitrogen and oxygen atoms in total. The van der Waals surface area contributed by atoms with Crippen LogP contribution in [0.4, 0.5) is 5.69 Å². The lowest BCUT2D eigenvalue weighted by atomic mass is 10.2. The predicted octanol–water partition coefficient (Wildman–Crippen LogP) is 1.63. The second-order valence-electron chi connectivity index (χ2n) is 4.26. The molecule has 0 spiro atoms. The Labute approximate surface area is 115 Å². The molecule has 0 aliphatic rings. The van der Waals surface area contributed by atoms with E-state index in [4.69, 9.17) is 4.74 Å². The van der Waals surface area contributed by atoms with Crippen LogP contribution >= 0.6 is 0 Å². The molecular weight excluding hydrogens is 262 g/mol. The van der Waals surface area contributed by atoms with E-state index in [1.54, 1.807) is 23.0 Å². The van der Waals surface area contributed by atoms with E-state index in [1.165, 1.54) is 23.8 Å². The molecule has 1 aromatic carbocycles. The number of ether oxygens (including phenoxy) is 1. The highest BCUT2D eigenvalue weighted by molar-refractivity contribution is 5.48. The average molecular weight is 277 g/mol. The monoisotopic (exact) mass is 277 g/mol. The maximum absolute atomic E-state index is 11.9. The Hall–Kier alpha value is -2.57.